The summed E-state index contributed by atoms with van der Waals surface area (Å²) < 4.78 is 13.2. The number of benzene rings is 1. The molecule has 0 unspecified atom stereocenters. The van der Waals surface area contributed by atoms with Gasteiger partial charge in [0.2, 0.25) is 11.8 Å². The third-order valence-corrected chi connectivity index (χ3v) is 4.37. The Balaban J connectivity index is 1.90. The van der Waals surface area contributed by atoms with E-state index in [1.165, 1.54) is 12.1 Å². The lowest BCUT2D eigenvalue weighted by Crippen LogP contribution is -2.44. The van der Waals surface area contributed by atoms with Crippen molar-refractivity contribution < 1.29 is 14.0 Å². The Morgan fingerprint density at radius 2 is 2.04 bits per heavy atom. The highest BCUT2D eigenvalue weighted by Gasteiger charge is 2.25. The van der Waals surface area contributed by atoms with Gasteiger partial charge in [0, 0.05) is 38.3 Å². The first-order chi connectivity index (χ1) is 11.5. The van der Waals surface area contributed by atoms with Crippen LogP contribution in [0.2, 0.25) is 0 Å². The van der Waals surface area contributed by atoms with Gasteiger partial charge >= 0.3 is 0 Å². The van der Waals surface area contributed by atoms with Crippen molar-refractivity contribution in [2.45, 2.75) is 39.2 Å². The molecule has 1 saturated heterocycles. The summed E-state index contributed by atoms with van der Waals surface area (Å²) in [5.41, 5.74) is 0.460. The highest BCUT2D eigenvalue weighted by atomic mass is 19.1. The zero-order chi connectivity index (χ0) is 17.5. The van der Waals surface area contributed by atoms with Crippen LogP contribution in [0.25, 0.3) is 0 Å². The lowest BCUT2D eigenvalue weighted by Gasteiger charge is -2.27. The highest BCUT2D eigenvalue weighted by Crippen LogP contribution is 2.13. The number of nitrogens with one attached hydrogen (secondary N) is 1. The molecular weight excluding hydrogens is 309 g/mol. The van der Waals surface area contributed by atoms with Crippen molar-refractivity contribution in [3.05, 3.63) is 30.1 Å². The van der Waals surface area contributed by atoms with Crippen molar-refractivity contribution in [3.8, 4) is 0 Å². The van der Waals surface area contributed by atoms with E-state index < -0.39 is 0 Å². The van der Waals surface area contributed by atoms with Gasteiger partial charge in [-0.25, -0.2) is 4.39 Å². The lowest BCUT2D eigenvalue weighted by molar-refractivity contribution is -0.131. The third kappa shape index (κ3) is 5.03. The minimum absolute atomic E-state index is 0.158. The molecule has 6 heteroatoms. The van der Waals surface area contributed by atoms with Crippen molar-refractivity contribution in [1.82, 2.24) is 9.80 Å². The average molecular weight is 335 g/mol. The van der Waals surface area contributed by atoms with Gasteiger partial charge in [-0.2, -0.15) is 0 Å². The van der Waals surface area contributed by atoms with E-state index in [9.17, 15) is 14.0 Å². The zero-order valence-electron chi connectivity index (χ0n) is 14.4. The van der Waals surface area contributed by atoms with E-state index in [1.807, 2.05) is 18.7 Å². The fraction of sp³-hybridized carbons (Fsp3) is 0.556. The molecule has 0 bridgehead atoms. The maximum absolute atomic E-state index is 13.2. The number of carbonyl (C=O) groups excluding carboxylic acids is 2. The van der Waals surface area contributed by atoms with Crippen LogP contribution in [-0.2, 0) is 9.59 Å². The fourth-order valence-corrected chi connectivity index (χ4v) is 2.92. The second-order valence-electron chi connectivity index (χ2n) is 6.20. The van der Waals surface area contributed by atoms with E-state index >= 15 is 0 Å². The summed E-state index contributed by atoms with van der Waals surface area (Å²) in [7, 11) is 0. The molecule has 0 saturated carbocycles. The Hall–Kier alpha value is -1.95. The van der Waals surface area contributed by atoms with E-state index in [-0.39, 0.29) is 23.7 Å². The number of nitrogens with zero attached hydrogens (tertiary/aromatic N) is 2. The summed E-state index contributed by atoms with van der Waals surface area (Å²) in [6.45, 7) is 6.68. The molecule has 1 aromatic rings. The van der Waals surface area contributed by atoms with Gasteiger partial charge in [0.15, 0.2) is 0 Å². The Morgan fingerprint density at radius 3 is 2.75 bits per heavy atom. The first kappa shape index (κ1) is 18.4. The zero-order valence-corrected chi connectivity index (χ0v) is 14.4. The Morgan fingerprint density at radius 1 is 1.25 bits per heavy atom. The summed E-state index contributed by atoms with van der Waals surface area (Å²) in [6, 6.07) is 5.56. The minimum atomic E-state index is -0.375. The van der Waals surface area contributed by atoms with E-state index in [0.717, 1.165) is 25.9 Å². The van der Waals surface area contributed by atoms with Crippen molar-refractivity contribution >= 4 is 17.5 Å². The first-order valence-corrected chi connectivity index (χ1v) is 8.59. The van der Waals surface area contributed by atoms with Gasteiger partial charge < -0.3 is 10.2 Å². The average Bonchev–Trinajstić information content (AvgIpc) is 2.80. The van der Waals surface area contributed by atoms with Crippen LogP contribution in [0.4, 0.5) is 10.1 Å². The molecular formula is C18H26FN3O2. The van der Waals surface area contributed by atoms with Crippen molar-refractivity contribution in [1.29, 1.82) is 0 Å². The van der Waals surface area contributed by atoms with Crippen molar-refractivity contribution in [2.75, 3.05) is 31.5 Å². The number of carbonyl (C=O) groups is 2. The Labute approximate surface area is 142 Å². The monoisotopic (exact) mass is 335 g/mol. The first-order valence-electron chi connectivity index (χ1n) is 8.59. The maximum atomic E-state index is 13.2. The Kier molecular flexibility index (Phi) is 6.73. The summed E-state index contributed by atoms with van der Waals surface area (Å²) >= 11 is 0. The van der Waals surface area contributed by atoms with Gasteiger partial charge in [-0.05, 0) is 38.0 Å². The molecule has 1 heterocycles. The van der Waals surface area contributed by atoms with Crippen LogP contribution in [0.1, 0.15) is 33.1 Å². The Bertz CT molecular complexity index is 579. The number of rotatable bonds is 5. The van der Waals surface area contributed by atoms with Gasteiger partial charge in [0.25, 0.3) is 0 Å². The standard InChI is InChI=1S/C18H26FN3O2/c1-3-6-17(23)22-10-5-9-21(11-12-22)14(2)18(24)20-16-8-4-7-15(19)13-16/h4,7-8,13-14H,3,5-6,9-12H2,1-2H3,(H,20,24)/t14-/m1/s1. The largest absolute Gasteiger partial charge is 0.341 e. The molecule has 132 valence electrons. The number of hydrogen-bond donors (Lipinski definition) is 1. The lowest BCUT2D eigenvalue weighted by atomic mass is 10.2. The fourth-order valence-electron chi connectivity index (χ4n) is 2.92. The SMILES string of the molecule is CCCC(=O)N1CCCN([C@H](C)C(=O)Nc2cccc(F)c2)CC1. The van der Waals surface area contributed by atoms with Crippen LogP contribution in [0, 0.1) is 5.82 Å². The van der Waals surface area contributed by atoms with Gasteiger partial charge in [0.1, 0.15) is 5.82 Å². The molecule has 0 aromatic heterocycles. The van der Waals surface area contributed by atoms with Crippen LogP contribution in [0.3, 0.4) is 0 Å². The molecule has 2 amide bonds. The van der Waals surface area contributed by atoms with Gasteiger partial charge in [-0.15, -0.1) is 0 Å². The van der Waals surface area contributed by atoms with E-state index in [0.29, 0.717) is 25.2 Å². The molecule has 1 aliphatic heterocycles. The van der Waals surface area contributed by atoms with E-state index in [1.54, 1.807) is 12.1 Å². The molecule has 1 aliphatic rings. The predicted molar refractivity (Wildman–Crippen MR) is 92.2 cm³/mol. The molecule has 1 atom stereocenters. The van der Waals surface area contributed by atoms with Crippen molar-refractivity contribution in [2.24, 2.45) is 0 Å². The summed E-state index contributed by atoms with van der Waals surface area (Å²) in [5, 5.41) is 2.75. The summed E-state index contributed by atoms with van der Waals surface area (Å²) in [4.78, 5) is 28.4. The molecule has 1 N–H and O–H groups in total. The van der Waals surface area contributed by atoms with Crippen LogP contribution in [-0.4, -0.2) is 53.8 Å². The molecule has 0 radical (unpaired) electrons. The maximum Gasteiger partial charge on any atom is 0.241 e. The molecule has 0 spiro atoms. The molecule has 5 nitrogen and oxygen atoms in total. The number of halogens is 1. The normalized spacial score (nSPS) is 17.2. The third-order valence-electron chi connectivity index (χ3n) is 4.37. The van der Waals surface area contributed by atoms with E-state index in [2.05, 4.69) is 10.2 Å². The second-order valence-corrected chi connectivity index (χ2v) is 6.20. The van der Waals surface area contributed by atoms with Gasteiger partial charge in [0.05, 0.1) is 6.04 Å². The van der Waals surface area contributed by atoms with Crippen LogP contribution < -0.4 is 5.32 Å². The topological polar surface area (TPSA) is 52.7 Å². The predicted octanol–water partition coefficient (Wildman–Crippen LogP) is 2.49. The van der Waals surface area contributed by atoms with Crippen LogP contribution in [0.15, 0.2) is 24.3 Å². The summed E-state index contributed by atoms with van der Waals surface area (Å²) in [6.07, 6.45) is 2.29. The van der Waals surface area contributed by atoms with Crippen molar-refractivity contribution in [3.63, 3.8) is 0 Å². The summed E-state index contributed by atoms with van der Waals surface area (Å²) in [5.74, 6) is -0.342. The molecule has 0 aliphatic carbocycles. The molecule has 2 rings (SSSR count). The molecule has 24 heavy (non-hydrogen) atoms. The number of anilines is 1. The second kappa shape index (κ2) is 8.78. The van der Waals surface area contributed by atoms with Gasteiger partial charge in [-0.1, -0.05) is 13.0 Å². The van der Waals surface area contributed by atoms with Crippen LogP contribution in [0.5, 0.6) is 0 Å². The van der Waals surface area contributed by atoms with E-state index in [4.69, 9.17) is 0 Å². The van der Waals surface area contributed by atoms with Crippen LogP contribution >= 0.6 is 0 Å². The molecule has 1 aromatic carbocycles. The number of hydrogen-bond acceptors (Lipinski definition) is 3. The van der Waals surface area contributed by atoms with Gasteiger partial charge in [-0.3, -0.25) is 14.5 Å². The highest BCUT2D eigenvalue weighted by molar-refractivity contribution is 5.94. The number of amides is 2. The quantitative estimate of drug-likeness (QED) is 0.899. The smallest absolute Gasteiger partial charge is 0.241 e. The minimum Gasteiger partial charge on any atom is -0.341 e. The molecule has 1 fully saturated rings.